The highest BCUT2D eigenvalue weighted by Crippen LogP contribution is 2.26. The highest BCUT2D eigenvalue weighted by atomic mass is 32.1. The normalized spacial score (nSPS) is 23.2. The Morgan fingerprint density at radius 3 is 2.58 bits per heavy atom. The van der Waals surface area contributed by atoms with Crippen molar-refractivity contribution >= 4 is 35.0 Å². The van der Waals surface area contributed by atoms with Crippen molar-refractivity contribution in [2.24, 2.45) is 5.92 Å². The SMILES string of the molecule is CC(C)C[C@H]1NC(=O)c2ccc(F)cc2OCc2nc(cs2)CCCCCCCCNC(=O)[C@H](Cc2cccnc2)N(C)C(=O)[C@H]2C[C@H](O)CN2C1=O. The van der Waals surface area contributed by atoms with Gasteiger partial charge in [0, 0.05) is 56.8 Å². The van der Waals surface area contributed by atoms with Crippen molar-refractivity contribution in [1.29, 1.82) is 0 Å². The van der Waals surface area contributed by atoms with E-state index in [0.717, 1.165) is 68.3 Å². The van der Waals surface area contributed by atoms with Crippen LogP contribution in [-0.2, 0) is 33.8 Å². The van der Waals surface area contributed by atoms with Gasteiger partial charge in [-0.05, 0) is 55.4 Å². The van der Waals surface area contributed by atoms with Crippen LogP contribution in [-0.4, -0.2) is 92.9 Å². The van der Waals surface area contributed by atoms with Crippen molar-refractivity contribution in [1.82, 2.24) is 30.4 Å². The Morgan fingerprint density at radius 2 is 1.83 bits per heavy atom. The first-order chi connectivity index (χ1) is 25.5. The molecule has 2 aromatic heterocycles. The smallest absolute Gasteiger partial charge is 0.255 e. The van der Waals surface area contributed by atoms with Crippen molar-refractivity contribution < 1.29 is 33.4 Å². The van der Waals surface area contributed by atoms with Crippen LogP contribution >= 0.6 is 11.3 Å². The predicted molar refractivity (Wildman–Crippen MR) is 199 cm³/mol. The average molecular weight is 751 g/mol. The lowest BCUT2D eigenvalue weighted by molar-refractivity contribution is -0.147. The zero-order chi connectivity index (χ0) is 37.9. The Hall–Kier alpha value is -4.43. The van der Waals surface area contributed by atoms with Crippen molar-refractivity contribution in [3.63, 3.8) is 0 Å². The number of benzene rings is 1. The molecule has 0 radical (unpaired) electrons. The summed E-state index contributed by atoms with van der Waals surface area (Å²) in [5.74, 6) is -2.59. The second-order valence-corrected chi connectivity index (χ2v) is 15.3. The van der Waals surface area contributed by atoms with Crippen molar-refractivity contribution in [2.75, 3.05) is 20.1 Å². The molecule has 2 bridgehead atoms. The van der Waals surface area contributed by atoms with Crippen LogP contribution in [0.2, 0.25) is 0 Å². The van der Waals surface area contributed by atoms with Crippen LogP contribution in [0.1, 0.15) is 91.8 Å². The first-order valence-corrected chi connectivity index (χ1v) is 19.5. The molecular formula is C39H51FN6O6S. The van der Waals surface area contributed by atoms with E-state index in [2.05, 4.69) is 20.6 Å². The van der Waals surface area contributed by atoms with Crippen LogP contribution in [0, 0.1) is 11.7 Å². The summed E-state index contributed by atoms with van der Waals surface area (Å²) in [4.78, 5) is 67.5. The lowest BCUT2D eigenvalue weighted by Crippen LogP contribution is -2.57. The first-order valence-electron chi connectivity index (χ1n) is 18.6. The van der Waals surface area contributed by atoms with Gasteiger partial charge in [0.1, 0.15) is 41.3 Å². The van der Waals surface area contributed by atoms with Crippen molar-refractivity contribution in [2.45, 2.75) is 109 Å². The van der Waals surface area contributed by atoms with Gasteiger partial charge in [-0.15, -0.1) is 11.3 Å². The number of likely N-dealkylation sites (N-methyl/N-ethyl adjacent to an activating group) is 1. The van der Waals surface area contributed by atoms with Gasteiger partial charge in [0.2, 0.25) is 17.7 Å². The molecule has 12 nitrogen and oxygen atoms in total. The van der Waals surface area contributed by atoms with Gasteiger partial charge in [0.05, 0.1) is 17.4 Å². The van der Waals surface area contributed by atoms with E-state index in [1.165, 1.54) is 27.2 Å². The highest BCUT2D eigenvalue weighted by molar-refractivity contribution is 7.09. The first kappa shape index (κ1) is 39.8. The van der Waals surface area contributed by atoms with Gasteiger partial charge in [-0.25, -0.2) is 9.37 Å². The molecule has 14 heteroatoms. The lowest BCUT2D eigenvalue weighted by Gasteiger charge is -2.34. The number of rotatable bonds is 4. The number of aliphatic hydroxyl groups is 1. The maximum Gasteiger partial charge on any atom is 0.255 e. The molecule has 0 saturated carbocycles. The zero-order valence-corrected chi connectivity index (χ0v) is 31.6. The van der Waals surface area contributed by atoms with Crippen LogP contribution in [0.3, 0.4) is 0 Å². The number of aromatic nitrogens is 2. The summed E-state index contributed by atoms with van der Waals surface area (Å²) >= 11 is 1.44. The van der Waals surface area contributed by atoms with Gasteiger partial charge in [-0.1, -0.05) is 45.6 Å². The summed E-state index contributed by atoms with van der Waals surface area (Å²) in [5.41, 5.74) is 1.77. The van der Waals surface area contributed by atoms with Gasteiger partial charge in [-0.3, -0.25) is 24.2 Å². The minimum Gasteiger partial charge on any atom is -0.485 e. The van der Waals surface area contributed by atoms with E-state index < -0.39 is 47.8 Å². The second kappa shape index (κ2) is 19.1. The van der Waals surface area contributed by atoms with Crippen molar-refractivity contribution in [3.05, 3.63) is 75.8 Å². The number of ether oxygens (including phenoxy) is 1. The Labute approximate surface area is 314 Å². The molecule has 5 rings (SSSR count). The number of aryl methyl sites for hydroxylation is 1. The molecule has 53 heavy (non-hydrogen) atoms. The number of thiazole rings is 1. The topological polar surface area (TPSA) is 154 Å². The van der Waals surface area contributed by atoms with Gasteiger partial charge in [0.25, 0.3) is 5.91 Å². The Morgan fingerprint density at radius 1 is 1.06 bits per heavy atom. The fraction of sp³-hybridized carbons (Fsp3) is 0.538. The molecule has 4 heterocycles. The minimum atomic E-state index is -1.07. The number of aliphatic hydroxyl groups excluding tert-OH is 1. The van der Waals surface area contributed by atoms with E-state index in [9.17, 15) is 28.7 Å². The fourth-order valence-electron chi connectivity index (χ4n) is 6.90. The third-order valence-corrected chi connectivity index (χ3v) is 10.6. The van der Waals surface area contributed by atoms with Crippen LogP contribution in [0.5, 0.6) is 5.75 Å². The molecule has 286 valence electrons. The number of nitrogens with one attached hydrogen (secondary N) is 2. The van der Waals surface area contributed by atoms with E-state index in [0.29, 0.717) is 11.6 Å². The molecule has 3 aromatic rings. The third kappa shape index (κ3) is 11.0. The third-order valence-electron chi connectivity index (χ3n) is 9.72. The van der Waals surface area contributed by atoms with Gasteiger partial charge in [-0.2, -0.15) is 0 Å². The molecule has 1 saturated heterocycles. The van der Waals surface area contributed by atoms with E-state index >= 15 is 0 Å². The summed E-state index contributed by atoms with van der Waals surface area (Å²) in [7, 11) is 1.54. The number of nitrogens with zero attached hydrogens (tertiary/aromatic N) is 4. The summed E-state index contributed by atoms with van der Waals surface area (Å²) < 4.78 is 20.4. The molecule has 1 aromatic carbocycles. The number of hydrogen-bond donors (Lipinski definition) is 3. The molecule has 2 aliphatic rings. The summed E-state index contributed by atoms with van der Waals surface area (Å²) in [6.45, 7) is 4.20. The van der Waals surface area contributed by atoms with Crippen LogP contribution < -0.4 is 15.4 Å². The average Bonchev–Trinajstić information content (AvgIpc) is 3.76. The van der Waals surface area contributed by atoms with Crippen molar-refractivity contribution in [3.8, 4) is 5.75 Å². The Kier molecular flexibility index (Phi) is 14.3. The number of halogens is 1. The molecule has 1 fully saturated rings. The van der Waals surface area contributed by atoms with Gasteiger partial charge in [0.15, 0.2) is 0 Å². The fourth-order valence-corrected chi connectivity index (χ4v) is 7.64. The molecule has 0 spiro atoms. The molecule has 4 amide bonds. The molecular weight excluding hydrogens is 700 g/mol. The number of fused-ring (bicyclic) bond motifs is 4. The Bertz CT molecular complexity index is 1710. The summed E-state index contributed by atoms with van der Waals surface area (Å²) in [6.07, 6.45) is 9.41. The second-order valence-electron chi connectivity index (χ2n) is 14.4. The van der Waals surface area contributed by atoms with Crippen LogP contribution in [0.4, 0.5) is 4.39 Å². The maximum absolute atomic E-state index is 14.4. The summed E-state index contributed by atoms with van der Waals surface area (Å²) in [6, 6.07) is 4.18. The molecule has 0 aliphatic carbocycles. The van der Waals surface area contributed by atoms with Crippen LogP contribution in [0.15, 0.2) is 48.1 Å². The molecule has 2 aliphatic heterocycles. The largest absolute Gasteiger partial charge is 0.485 e. The van der Waals surface area contributed by atoms with E-state index in [1.807, 2.05) is 25.3 Å². The van der Waals surface area contributed by atoms with Crippen LogP contribution in [0.25, 0.3) is 0 Å². The number of amides is 4. The zero-order valence-electron chi connectivity index (χ0n) is 30.8. The maximum atomic E-state index is 14.4. The lowest BCUT2D eigenvalue weighted by atomic mass is 10.0. The Balaban J connectivity index is 1.43. The summed E-state index contributed by atoms with van der Waals surface area (Å²) in [5, 5.41) is 19.3. The van der Waals surface area contributed by atoms with E-state index in [4.69, 9.17) is 4.74 Å². The molecule has 3 N–H and O–H groups in total. The number of hydrogen-bond acceptors (Lipinski definition) is 9. The number of carbonyl (C=O) groups is 4. The van der Waals surface area contributed by atoms with Gasteiger partial charge < -0.3 is 30.3 Å². The monoisotopic (exact) mass is 750 g/mol. The van der Waals surface area contributed by atoms with E-state index in [-0.39, 0.29) is 55.6 Å². The number of carbonyl (C=O) groups excluding carboxylic acids is 4. The van der Waals surface area contributed by atoms with Gasteiger partial charge >= 0.3 is 0 Å². The van der Waals surface area contributed by atoms with E-state index in [1.54, 1.807) is 25.5 Å². The minimum absolute atomic E-state index is 0.0145. The highest BCUT2D eigenvalue weighted by Gasteiger charge is 2.44. The molecule has 0 unspecified atom stereocenters. The predicted octanol–water partition coefficient (Wildman–Crippen LogP) is 4.45. The standard InChI is InChI=1S/C39H51FN6O6S/c1-25(2)17-31-38(50)46-22-29(47)20-33(46)39(51)45(3)32(18-26-11-10-15-41-21-26)37(49)42-16-9-7-5-4-6-8-12-28-24-53-35(43-28)23-52-34-19-27(40)13-14-30(34)36(48)44-31/h10-11,13-15,19,21,24-25,29,31-33,47H,4-9,12,16-18,20,22-23H2,1-3H3,(H,42,49)(H,44,48)/t29-,31+,32-,33+/m0/s1. The quantitative estimate of drug-likeness (QED) is 0.354. The molecule has 4 atom stereocenters. The number of pyridine rings is 1.